The van der Waals surface area contributed by atoms with Crippen molar-refractivity contribution < 1.29 is 4.79 Å². The van der Waals surface area contributed by atoms with Crippen LogP contribution in [0.25, 0.3) is 0 Å². The summed E-state index contributed by atoms with van der Waals surface area (Å²) in [5, 5.41) is 0.425. The number of benzene rings is 1. The average molecular weight is 249 g/mol. The first-order chi connectivity index (χ1) is 7.68. The van der Waals surface area contributed by atoms with Crippen LogP contribution in [0.3, 0.4) is 0 Å². The second-order valence-corrected chi connectivity index (χ2v) is 6.03. The molecule has 1 saturated heterocycles. The Kier molecular flexibility index (Phi) is 2.30. The number of fused-ring (bicyclic) bond motifs is 3. The van der Waals surface area contributed by atoms with E-state index in [1.54, 1.807) is 23.6 Å². The van der Waals surface area contributed by atoms with Crippen LogP contribution in [-0.4, -0.2) is 20.4 Å². The summed E-state index contributed by atoms with van der Waals surface area (Å²) in [5.41, 5.74) is 2.63. The molecule has 0 aromatic heterocycles. The molecule has 0 spiro atoms. The highest BCUT2D eigenvalue weighted by atomic mass is 32.2. The molecule has 0 saturated carbocycles. The van der Waals surface area contributed by atoms with Gasteiger partial charge in [-0.25, -0.2) is 0 Å². The maximum atomic E-state index is 11.6. The van der Waals surface area contributed by atoms with E-state index >= 15 is 0 Å². The first kappa shape index (κ1) is 10.3. The van der Waals surface area contributed by atoms with Gasteiger partial charge in [0.25, 0.3) is 0 Å². The Labute approximate surface area is 104 Å². The monoisotopic (exact) mass is 249 g/mol. The van der Waals surface area contributed by atoms with E-state index in [0.717, 1.165) is 10.7 Å². The summed E-state index contributed by atoms with van der Waals surface area (Å²) in [6.07, 6.45) is 1.02. The molecule has 0 radical (unpaired) electrons. The number of rotatable bonds is 0. The highest BCUT2D eigenvalue weighted by Gasteiger charge is 2.45. The lowest BCUT2D eigenvalue weighted by Gasteiger charge is -2.22. The van der Waals surface area contributed by atoms with Gasteiger partial charge in [-0.3, -0.25) is 9.69 Å². The third kappa shape index (κ3) is 1.33. The number of carbonyl (C=O) groups is 1. The van der Waals surface area contributed by atoms with Crippen molar-refractivity contribution in [3.8, 4) is 0 Å². The van der Waals surface area contributed by atoms with E-state index < -0.39 is 0 Å². The van der Waals surface area contributed by atoms with Crippen molar-refractivity contribution in [3.63, 3.8) is 0 Å². The first-order valence-corrected chi connectivity index (χ1v) is 6.55. The van der Waals surface area contributed by atoms with Crippen molar-refractivity contribution in [2.75, 3.05) is 0 Å². The lowest BCUT2D eigenvalue weighted by atomic mass is 10.1. The molecule has 0 unspecified atom stereocenters. The van der Waals surface area contributed by atoms with Gasteiger partial charge in [-0.15, -0.1) is 0 Å². The summed E-state index contributed by atoms with van der Waals surface area (Å²) in [5.74, 6) is 0.0571. The standard InChI is InChI=1S/C12H11NOS2/c1-7(14)13-11-9-5-3-2-4-8(9)6-10(11)16-12(13)15/h2-5,10-11H,6H2,1H3/t10-,11+/m0/s1. The van der Waals surface area contributed by atoms with Crippen LogP contribution in [0.5, 0.6) is 0 Å². The van der Waals surface area contributed by atoms with E-state index in [9.17, 15) is 4.79 Å². The summed E-state index contributed by atoms with van der Waals surface area (Å²) in [6.45, 7) is 1.59. The fraction of sp³-hybridized carbons (Fsp3) is 0.333. The van der Waals surface area contributed by atoms with Gasteiger partial charge in [0, 0.05) is 12.2 Å². The number of thioether (sulfide) groups is 1. The number of thiocarbonyl (C=S) groups is 1. The van der Waals surface area contributed by atoms with Gasteiger partial charge in [0.2, 0.25) is 5.91 Å². The summed E-state index contributed by atoms with van der Waals surface area (Å²) < 4.78 is 0.733. The molecule has 2 aliphatic rings. The van der Waals surface area contributed by atoms with E-state index in [1.807, 2.05) is 6.07 Å². The number of carbonyl (C=O) groups excluding carboxylic acids is 1. The molecule has 1 aromatic rings. The molecule has 4 heteroatoms. The summed E-state index contributed by atoms with van der Waals surface area (Å²) >= 11 is 6.93. The smallest absolute Gasteiger partial charge is 0.225 e. The second-order valence-electron chi connectivity index (χ2n) is 4.16. The van der Waals surface area contributed by atoms with E-state index in [0.29, 0.717) is 5.25 Å². The number of amides is 1. The van der Waals surface area contributed by atoms with Crippen molar-refractivity contribution in [1.29, 1.82) is 0 Å². The molecule has 16 heavy (non-hydrogen) atoms. The Bertz CT molecular complexity index is 486. The topological polar surface area (TPSA) is 20.3 Å². The molecule has 82 valence electrons. The van der Waals surface area contributed by atoms with Crippen molar-refractivity contribution in [1.82, 2.24) is 4.90 Å². The zero-order valence-corrected chi connectivity index (χ0v) is 10.5. The Morgan fingerprint density at radius 2 is 2.25 bits per heavy atom. The number of hydrogen-bond acceptors (Lipinski definition) is 3. The Morgan fingerprint density at radius 3 is 3.00 bits per heavy atom. The summed E-state index contributed by atoms with van der Waals surface area (Å²) in [4.78, 5) is 13.4. The fourth-order valence-electron chi connectivity index (χ4n) is 2.57. The van der Waals surface area contributed by atoms with E-state index in [2.05, 4.69) is 18.2 Å². The van der Waals surface area contributed by atoms with Crippen LogP contribution < -0.4 is 0 Å². The van der Waals surface area contributed by atoms with Crippen molar-refractivity contribution in [3.05, 3.63) is 35.4 Å². The van der Waals surface area contributed by atoms with Gasteiger partial charge >= 0.3 is 0 Å². The minimum atomic E-state index is 0.0571. The quantitative estimate of drug-likeness (QED) is 0.659. The predicted octanol–water partition coefficient (Wildman–Crippen LogP) is 2.53. The highest BCUT2D eigenvalue weighted by Crippen LogP contribution is 2.49. The molecule has 0 N–H and O–H groups in total. The fourth-order valence-corrected chi connectivity index (χ4v) is 4.46. The average Bonchev–Trinajstić information content (AvgIpc) is 2.71. The van der Waals surface area contributed by atoms with Gasteiger partial charge in [0.1, 0.15) is 4.32 Å². The van der Waals surface area contributed by atoms with Crippen LogP contribution in [-0.2, 0) is 11.2 Å². The second kappa shape index (κ2) is 3.57. The van der Waals surface area contributed by atoms with E-state index in [4.69, 9.17) is 12.2 Å². The molecule has 1 aromatic carbocycles. The number of nitrogens with zero attached hydrogens (tertiary/aromatic N) is 1. The normalized spacial score (nSPS) is 26.8. The van der Waals surface area contributed by atoms with Crippen LogP contribution in [0.15, 0.2) is 24.3 Å². The van der Waals surface area contributed by atoms with E-state index in [-0.39, 0.29) is 11.9 Å². The predicted molar refractivity (Wildman–Crippen MR) is 69.4 cm³/mol. The van der Waals surface area contributed by atoms with Gasteiger partial charge < -0.3 is 0 Å². The molecule has 3 rings (SSSR count). The Balaban J connectivity index is 2.08. The van der Waals surface area contributed by atoms with Gasteiger partial charge in [0.15, 0.2) is 0 Å². The molecule has 2 nitrogen and oxygen atoms in total. The third-order valence-electron chi connectivity index (χ3n) is 3.21. The molecule has 2 atom stereocenters. The van der Waals surface area contributed by atoms with Gasteiger partial charge in [0.05, 0.1) is 6.04 Å². The molecular weight excluding hydrogens is 238 g/mol. The van der Waals surface area contributed by atoms with Crippen molar-refractivity contribution >= 4 is 34.2 Å². The Morgan fingerprint density at radius 1 is 1.50 bits per heavy atom. The lowest BCUT2D eigenvalue weighted by molar-refractivity contribution is -0.126. The van der Waals surface area contributed by atoms with E-state index in [1.165, 1.54) is 11.1 Å². The van der Waals surface area contributed by atoms with Crippen molar-refractivity contribution in [2.45, 2.75) is 24.6 Å². The van der Waals surface area contributed by atoms with Crippen LogP contribution in [0, 0.1) is 0 Å². The summed E-state index contributed by atoms with van der Waals surface area (Å²) in [6, 6.07) is 8.53. The maximum absolute atomic E-state index is 11.6. The zero-order valence-electron chi connectivity index (χ0n) is 8.84. The highest BCUT2D eigenvalue weighted by molar-refractivity contribution is 8.23. The largest absolute Gasteiger partial charge is 0.289 e. The third-order valence-corrected chi connectivity index (χ3v) is 4.82. The number of hydrogen-bond donors (Lipinski definition) is 0. The Hall–Kier alpha value is -0.870. The molecule has 1 amide bonds. The minimum absolute atomic E-state index is 0.0571. The van der Waals surface area contributed by atoms with Crippen LogP contribution >= 0.6 is 24.0 Å². The van der Waals surface area contributed by atoms with Crippen LogP contribution in [0.2, 0.25) is 0 Å². The minimum Gasteiger partial charge on any atom is -0.289 e. The molecule has 0 bridgehead atoms. The zero-order chi connectivity index (χ0) is 11.3. The molecule has 1 aliphatic carbocycles. The molecular formula is C12H11NOS2. The SMILES string of the molecule is CC(=O)N1C(=S)S[C@H]2Cc3ccccc3[C@H]21. The first-order valence-electron chi connectivity index (χ1n) is 5.26. The van der Waals surface area contributed by atoms with Gasteiger partial charge in [-0.1, -0.05) is 48.2 Å². The maximum Gasteiger partial charge on any atom is 0.225 e. The molecule has 1 aliphatic heterocycles. The molecule has 1 heterocycles. The van der Waals surface area contributed by atoms with Gasteiger partial charge in [-0.05, 0) is 17.5 Å². The van der Waals surface area contributed by atoms with Crippen molar-refractivity contribution in [2.24, 2.45) is 0 Å². The van der Waals surface area contributed by atoms with Gasteiger partial charge in [-0.2, -0.15) is 0 Å². The lowest BCUT2D eigenvalue weighted by Crippen LogP contribution is -2.31. The summed E-state index contributed by atoms with van der Waals surface area (Å²) in [7, 11) is 0. The van der Waals surface area contributed by atoms with Crippen LogP contribution in [0.1, 0.15) is 24.1 Å². The van der Waals surface area contributed by atoms with Crippen LogP contribution in [0.4, 0.5) is 0 Å². The molecule has 1 fully saturated rings.